The van der Waals surface area contributed by atoms with E-state index in [4.69, 9.17) is 0 Å². The van der Waals surface area contributed by atoms with Crippen molar-refractivity contribution >= 4 is 21.6 Å². The van der Waals surface area contributed by atoms with Gasteiger partial charge in [0.2, 0.25) is 0 Å². The number of hydrogen-bond donors (Lipinski definition) is 2. The topological polar surface area (TPSA) is 40.7 Å². The largest absolute Gasteiger partial charge is 0.416 e. The standard InChI is InChI=1S/C12H11BrF3N3/c1-7(11-2-3-17-19-11)18-10-5-8(12(14,15)16)4-9(13)6-10/h2-7,18H,1H3,(H,17,19). The zero-order valence-corrected chi connectivity index (χ0v) is 11.5. The Bertz CT molecular complexity index is 552. The average molecular weight is 334 g/mol. The lowest BCUT2D eigenvalue weighted by Crippen LogP contribution is -2.10. The van der Waals surface area contributed by atoms with Crippen molar-refractivity contribution in [3.8, 4) is 0 Å². The van der Waals surface area contributed by atoms with Crippen LogP contribution in [0.2, 0.25) is 0 Å². The van der Waals surface area contributed by atoms with E-state index in [1.54, 1.807) is 18.3 Å². The number of rotatable bonds is 3. The van der Waals surface area contributed by atoms with Gasteiger partial charge in [-0.15, -0.1) is 0 Å². The predicted molar refractivity (Wildman–Crippen MR) is 69.8 cm³/mol. The van der Waals surface area contributed by atoms with Gasteiger partial charge in [0, 0.05) is 16.4 Å². The van der Waals surface area contributed by atoms with Gasteiger partial charge in [-0.3, -0.25) is 5.10 Å². The van der Waals surface area contributed by atoms with Gasteiger partial charge in [-0.2, -0.15) is 18.3 Å². The third kappa shape index (κ3) is 3.50. The molecule has 2 N–H and O–H groups in total. The highest BCUT2D eigenvalue weighted by atomic mass is 79.9. The molecule has 0 fully saturated rings. The second kappa shape index (κ2) is 5.24. The van der Waals surface area contributed by atoms with Crippen LogP contribution in [0.4, 0.5) is 18.9 Å². The number of aromatic amines is 1. The molecule has 1 unspecified atom stereocenters. The molecule has 0 amide bonds. The summed E-state index contributed by atoms with van der Waals surface area (Å²) >= 11 is 3.08. The molecular formula is C12H11BrF3N3. The van der Waals surface area contributed by atoms with Crippen LogP contribution >= 0.6 is 15.9 Å². The molecule has 1 atom stereocenters. The van der Waals surface area contributed by atoms with Crippen LogP contribution in [-0.4, -0.2) is 10.2 Å². The number of anilines is 1. The summed E-state index contributed by atoms with van der Waals surface area (Å²) in [6.07, 6.45) is -2.77. The minimum atomic E-state index is -4.36. The highest BCUT2D eigenvalue weighted by Gasteiger charge is 2.31. The highest BCUT2D eigenvalue weighted by molar-refractivity contribution is 9.10. The Labute approximate surface area is 116 Å². The molecular weight excluding hydrogens is 323 g/mol. The first-order valence-corrected chi connectivity index (χ1v) is 6.29. The summed E-state index contributed by atoms with van der Waals surface area (Å²) in [7, 11) is 0. The van der Waals surface area contributed by atoms with E-state index in [0.29, 0.717) is 10.2 Å². The van der Waals surface area contributed by atoms with Crippen LogP contribution in [-0.2, 0) is 6.18 Å². The van der Waals surface area contributed by atoms with Crippen LogP contribution in [0.25, 0.3) is 0 Å². The van der Waals surface area contributed by atoms with E-state index < -0.39 is 11.7 Å². The number of halogens is 4. The van der Waals surface area contributed by atoms with E-state index in [-0.39, 0.29) is 6.04 Å². The molecule has 0 aliphatic rings. The van der Waals surface area contributed by atoms with Crippen LogP contribution < -0.4 is 5.32 Å². The van der Waals surface area contributed by atoms with Crippen molar-refractivity contribution in [2.45, 2.75) is 19.1 Å². The second-order valence-corrected chi connectivity index (χ2v) is 5.02. The number of aromatic nitrogens is 2. The second-order valence-electron chi connectivity index (χ2n) is 4.10. The molecule has 0 spiro atoms. The Morgan fingerprint density at radius 2 is 2.05 bits per heavy atom. The number of H-pyrrole nitrogens is 1. The van der Waals surface area contributed by atoms with Gasteiger partial charge in [-0.05, 0) is 31.2 Å². The van der Waals surface area contributed by atoms with Gasteiger partial charge in [0.1, 0.15) is 0 Å². The maximum atomic E-state index is 12.7. The summed E-state index contributed by atoms with van der Waals surface area (Å²) in [5, 5.41) is 9.57. The fourth-order valence-electron chi connectivity index (χ4n) is 1.67. The first-order valence-electron chi connectivity index (χ1n) is 5.50. The normalized spacial score (nSPS) is 13.3. The van der Waals surface area contributed by atoms with E-state index in [2.05, 4.69) is 31.4 Å². The summed E-state index contributed by atoms with van der Waals surface area (Å²) in [5.74, 6) is 0. The molecule has 0 aliphatic carbocycles. The summed E-state index contributed by atoms with van der Waals surface area (Å²) < 4.78 is 38.5. The Morgan fingerprint density at radius 3 is 2.63 bits per heavy atom. The van der Waals surface area contributed by atoms with Crippen LogP contribution in [0, 0.1) is 0 Å². The SMILES string of the molecule is CC(Nc1cc(Br)cc(C(F)(F)F)c1)c1ccn[nH]1. The van der Waals surface area contributed by atoms with Crippen molar-refractivity contribution in [1.29, 1.82) is 0 Å². The molecule has 1 heterocycles. The summed E-state index contributed by atoms with van der Waals surface area (Å²) in [6.45, 7) is 1.84. The molecule has 0 saturated carbocycles. The quantitative estimate of drug-likeness (QED) is 0.875. The Kier molecular flexibility index (Phi) is 3.84. The highest BCUT2D eigenvalue weighted by Crippen LogP contribution is 2.34. The maximum Gasteiger partial charge on any atom is 0.416 e. The number of hydrogen-bond acceptors (Lipinski definition) is 2. The number of alkyl halides is 3. The van der Waals surface area contributed by atoms with Crippen LogP contribution in [0.1, 0.15) is 24.2 Å². The Hall–Kier alpha value is -1.50. The lowest BCUT2D eigenvalue weighted by atomic mass is 10.1. The predicted octanol–water partition coefficient (Wildman–Crippen LogP) is 4.36. The van der Waals surface area contributed by atoms with E-state index >= 15 is 0 Å². The van der Waals surface area contributed by atoms with Gasteiger partial charge >= 0.3 is 6.18 Å². The third-order valence-corrected chi connectivity index (χ3v) is 3.05. The smallest absolute Gasteiger partial charge is 0.377 e. The minimum Gasteiger partial charge on any atom is -0.377 e. The summed E-state index contributed by atoms with van der Waals surface area (Å²) in [4.78, 5) is 0. The number of nitrogens with one attached hydrogen (secondary N) is 2. The molecule has 1 aromatic heterocycles. The van der Waals surface area contributed by atoms with Crippen molar-refractivity contribution in [2.24, 2.45) is 0 Å². The fraction of sp³-hybridized carbons (Fsp3) is 0.250. The zero-order chi connectivity index (χ0) is 14.0. The van der Waals surface area contributed by atoms with Gasteiger partial charge in [0.05, 0.1) is 17.3 Å². The molecule has 7 heteroatoms. The van der Waals surface area contributed by atoms with Gasteiger partial charge in [-0.25, -0.2) is 0 Å². The van der Waals surface area contributed by atoms with Crippen molar-refractivity contribution < 1.29 is 13.2 Å². The zero-order valence-electron chi connectivity index (χ0n) is 9.92. The number of nitrogens with zero attached hydrogens (tertiary/aromatic N) is 1. The fourth-order valence-corrected chi connectivity index (χ4v) is 2.17. The molecule has 3 nitrogen and oxygen atoms in total. The van der Waals surface area contributed by atoms with Crippen molar-refractivity contribution in [3.63, 3.8) is 0 Å². The van der Waals surface area contributed by atoms with Crippen molar-refractivity contribution in [3.05, 3.63) is 46.2 Å². The molecule has 1 aromatic carbocycles. The van der Waals surface area contributed by atoms with E-state index in [9.17, 15) is 13.2 Å². The molecule has 2 rings (SSSR count). The van der Waals surface area contributed by atoms with Crippen LogP contribution in [0.3, 0.4) is 0 Å². The molecule has 0 bridgehead atoms. The monoisotopic (exact) mass is 333 g/mol. The average Bonchev–Trinajstić information content (AvgIpc) is 2.80. The molecule has 0 aliphatic heterocycles. The molecule has 0 saturated heterocycles. The van der Waals surface area contributed by atoms with Crippen LogP contribution in [0.5, 0.6) is 0 Å². The van der Waals surface area contributed by atoms with Gasteiger partial charge in [0.25, 0.3) is 0 Å². The third-order valence-electron chi connectivity index (χ3n) is 2.60. The Morgan fingerprint density at radius 1 is 1.32 bits per heavy atom. The van der Waals surface area contributed by atoms with E-state index in [1.807, 2.05) is 6.92 Å². The van der Waals surface area contributed by atoms with Gasteiger partial charge in [0.15, 0.2) is 0 Å². The first-order chi connectivity index (χ1) is 8.86. The Balaban J connectivity index is 2.23. The molecule has 19 heavy (non-hydrogen) atoms. The van der Waals surface area contributed by atoms with E-state index in [1.165, 1.54) is 0 Å². The minimum absolute atomic E-state index is 0.169. The number of benzene rings is 1. The lowest BCUT2D eigenvalue weighted by molar-refractivity contribution is -0.137. The lowest BCUT2D eigenvalue weighted by Gasteiger charge is -2.16. The maximum absolute atomic E-state index is 12.7. The molecule has 102 valence electrons. The van der Waals surface area contributed by atoms with Crippen molar-refractivity contribution in [2.75, 3.05) is 5.32 Å². The van der Waals surface area contributed by atoms with Gasteiger partial charge < -0.3 is 5.32 Å². The van der Waals surface area contributed by atoms with Crippen LogP contribution in [0.15, 0.2) is 34.9 Å². The van der Waals surface area contributed by atoms with Crippen molar-refractivity contribution in [1.82, 2.24) is 10.2 Å². The molecule has 2 aromatic rings. The molecule has 0 radical (unpaired) electrons. The van der Waals surface area contributed by atoms with E-state index in [0.717, 1.165) is 17.8 Å². The summed E-state index contributed by atoms with van der Waals surface area (Å²) in [5.41, 5.74) is 0.499. The van der Waals surface area contributed by atoms with Gasteiger partial charge in [-0.1, -0.05) is 15.9 Å². The first kappa shape index (κ1) is 13.9. The summed E-state index contributed by atoms with van der Waals surface area (Å²) in [6, 6.07) is 5.32.